The van der Waals surface area contributed by atoms with E-state index in [4.69, 9.17) is 11.6 Å². The first-order chi connectivity index (χ1) is 8.52. The number of nitrogens with zero attached hydrogens (tertiary/aromatic N) is 3. The third-order valence-corrected chi connectivity index (χ3v) is 2.98. The summed E-state index contributed by atoms with van der Waals surface area (Å²) in [6, 6.07) is 7.99. The Bertz CT molecular complexity index is 395. The van der Waals surface area contributed by atoms with Crippen molar-refractivity contribution in [3.05, 3.63) is 34.9 Å². The molecule has 0 radical (unpaired) electrons. The Kier molecular flexibility index (Phi) is 9.18. The molecule has 0 atom stereocenters. The van der Waals surface area contributed by atoms with Gasteiger partial charge in [0.25, 0.3) is 0 Å². The maximum Gasteiger partial charge on any atom is 0.195 e. The molecule has 1 rings (SSSR count). The molecular formula is C14H23ClIN3. The molecular weight excluding hydrogens is 373 g/mol. The first-order valence-electron chi connectivity index (χ1n) is 6.15. The fourth-order valence-corrected chi connectivity index (χ4v) is 2.06. The Morgan fingerprint density at radius 2 is 1.68 bits per heavy atom. The van der Waals surface area contributed by atoms with Gasteiger partial charge >= 0.3 is 0 Å². The fourth-order valence-electron chi connectivity index (χ4n) is 1.83. The summed E-state index contributed by atoms with van der Waals surface area (Å²) in [6.45, 7) is 0.816. The van der Waals surface area contributed by atoms with Gasteiger partial charge in [0.05, 0.1) is 0 Å². The SMILES string of the molecule is CN(C)C(=NCCCc1ccccc1Cl)N(C)C.I. The van der Waals surface area contributed by atoms with E-state index in [1.807, 2.05) is 56.2 Å². The summed E-state index contributed by atoms with van der Waals surface area (Å²) in [5.74, 6) is 0.995. The van der Waals surface area contributed by atoms with Gasteiger partial charge < -0.3 is 9.80 Å². The third-order valence-electron chi connectivity index (χ3n) is 2.62. The summed E-state index contributed by atoms with van der Waals surface area (Å²) in [5.41, 5.74) is 1.20. The van der Waals surface area contributed by atoms with Crippen LogP contribution in [0, 0.1) is 0 Å². The Morgan fingerprint density at radius 1 is 1.11 bits per heavy atom. The average molecular weight is 396 g/mol. The fraction of sp³-hybridized carbons (Fsp3) is 0.500. The highest BCUT2D eigenvalue weighted by molar-refractivity contribution is 14.0. The molecule has 0 amide bonds. The van der Waals surface area contributed by atoms with Gasteiger partial charge in [-0.2, -0.15) is 0 Å². The van der Waals surface area contributed by atoms with Crippen molar-refractivity contribution >= 4 is 41.5 Å². The van der Waals surface area contributed by atoms with E-state index >= 15 is 0 Å². The minimum atomic E-state index is 0. The smallest absolute Gasteiger partial charge is 0.195 e. The zero-order valence-corrected chi connectivity index (χ0v) is 15.1. The van der Waals surface area contributed by atoms with Crippen LogP contribution in [0.1, 0.15) is 12.0 Å². The van der Waals surface area contributed by atoms with E-state index in [0.29, 0.717) is 0 Å². The van der Waals surface area contributed by atoms with Crippen LogP contribution in [0.15, 0.2) is 29.3 Å². The van der Waals surface area contributed by atoms with E-state index in [-0.39, 0.29) is 24.0 Å². The zero-order valence-electron chi connectivity index (χ0n) is 12.1. The van der Waals surface area contributed by atoms with Crippen LogP contribution >= 0.6 is 35.6 Å². The van der Waals surface area contributed by atoms with Crippen LogP contribution in [0.5, 0.6) is 0 Å². The standard InChI is InChI=1S/C14H22ClN3.HI/c1-17(2)14(18(3)4)16-11-7-9-12-8-5-6-10-13(12)15;/h5-6,8,10H,7,9,11H2,1-4H3;1H. The van der Waals surface area contributed by atoms with Crippen molar-refractivity contribution in [1.29, 1.82) is 0 Å². The van der Waals surface area contributed by atoms with Crippen LogP contribution < -0.4 is 0 Å². The molecule has 0 unspecified atom stereocenters. The minimum absolute atomic E-state index is 0. The van der Waals surface area contributed by atoms with Crippen LogP contribution in [-0.2, 0) is 6.42 Å². The molecule has 0 aromatic heterocycles. The van der Waals surface area contributed by atoms with Gasteiger partial charge in [-0.05, 0) is 24.5 Å². The van der Waals surface area contributed by atoms with Crippen molar-refractivity contribution in [2.75, 3.05) is 34.7 Å². The van der Waals surface area contributed by atoms with Gasteiger partial charge in [0, 0.05) is 39.8 Å². The maximum atomic E-state index is 6.11. The van der Waals surface area contributed by atoms with Gasteiger partial charge in [-0.3, -0.25) is 4.99 Å². The van der Waals surface area contributed by atoms with E-state index in [2.05, 4.69) is 11.1 Å². The van der Waals surface area contributed by atoms with E-state index in [9.17, 15) is 0 Å². The number of aliphatic imine (C=N–C) groups is 1. The number of hydrogen-bond acceptors (Lipinski definition) is 1. The van der Waals surface area contributed by atoms with Crippen molar-refractivity contribution in [3.8, 4) is 0 Å². The predicted molar refractivity (Wildman–Crippen MR) is 94.9 cm³/mol. The quantitative estimate of drug-likeness (QED) is 0.337. The number of guanidine groups is 1. The lowest BCUT2D eigenvalue weighted by molar-refractivity contribution is 0.479. The zero-order chi connectivity index (χ0) is 13.5. The Hall–Kier alpha value is -0.490. The van der Waals surface area contributed by atoms with Crippen molar-refractivity contribution in [1.82, 2.24) is 9.80 Å². The van der Waals surface area contributed by atoms with E-state index < -0.39 is 0 Å². The molecule has 0 spiro atoms. The molecule has 0 fully saturated rings. The Labute approximate surface area is 138 Å². The number of halogens is 2. The minimum Gasteiger partial charge on any atom is -0.349 e. The molecule has 0 saturated heterocycles. The van der Waals surface area contributed by atoms with Crippen LogP contribution in [0.2, 0.25) is 5.02 Å². The topological polar surface area (TPSA) is 18.8 Å². The van der Waals surface area contributed by atoms with Gasteiger partial charge in [0.2, 0.25) is 0 Å². The summed E-state index contributed by atoms with van der Waals surface area (Å²) in [4.78, 5) is 8.64. The van der Waals surface area contributed by atoms with Crippen LogP contribution in [0.4, 0.5) is 0 Å². The van der Waals surface area contributed by atoms with Crippen LogP contribution in [-0.4, -0.2) is 50.5 Å². The highest BCUT2D eigenvalue weighted by Crippen LogP contribution is 2.16. The number of hydrogen-bond donors (Lipinski definition) is 0. The molecule has 0 aliphatic carbocycles. The first kappa shape index (κ1) is 18.5. The average Bonchev–Trinajstić information content (AvgIpc) is 2.30. The number of benzene rings is 1. The molecule has 5 heteroatoms. The van der Waals surface area contributed by atoms with Crippen LogP contribution in [0.25, 0.3) is 0 Å². The third kappa shape index (κ3) is 6.47. The second-order valence-corrected chi connectivity index (χ2v) is 5.07. The van der Waals surface area contributed by atoms with Crippen molar-refractivity contribution < 1.29 is 0 Å². The molecule has 19 heavy (non-hydrogen) atoms. The summed E-state index contributed by atoms with van der Waals surface area (Å²) in [5, 5.41) is 0.849. The summed E-state index contributed by atoms with van der Waals surface area (Å²) >= 11 is 6.11. The van der Waals surface area contributed by atoms with E-state index in [1.165, 1.54) is 5.56 Å². The largest absolute Gasteiger partial charge is 0.349 e. The second-order valence-electron chi connectivity index (χ2n) is 4.67. The van der Waals surface area contributed by atoms with Gasteiger partial charge in [-0.25, -0.2) is 0 Å². The predicted octanol–water partition coefficient (Wildman–Crippen LogP) is 3.37. The van der Waals surface area contributed by atoms with Crippen molar-refractivity contribution in [2.45, 2.75) is 12.8 Å². The lowest BCUT2D eigenvalue weighted by Crippen LogP contribution is -2.35. The summed E-state index contributed by atoms with van der Waals surface area (Å²) in [6.07, 6.45) is 1.98. The summed E-state index contributed by atoms with van der Waals surface area (Å²) < 4.78 is 0. The van der Waals surface area contributed by atoms with Crippen LogP contribution in [0.3, 0.4) is 0 Å². The molecule has 0 aliphatic rings. The van der Waals surface area contributed by atoms with Gasteiger partial charge in [-0.15, -0.1) is 24.0 Å². The highest BCUT2D eigenvalue weighted by atomic mass is 127. The summed E-state index contributed by atoms with van der Waals surface area (Å²) in [7, 11) is 8.03. The normalized spacial score (nSPS) is 9.53. The lowest BCUT2D eigenvalue weighted by Gasteiger charge is -2.22. The molecule has 0 heterocycles. The molecule has 0 N–H and O–H groups in total. The first-order valence-corrected chi connectivity index (χ1v) is 6.52. The highest BCUT2D eigenvalue weighted by Gasteiger charge is 2.03. The van der Waals surface area contributed by atoms with E-state index in [0.717, 1.165) is 30.4 Å². The second kappa shape index (κ2) is 9.42. The molecule has 3 nitrogen and oxygen atoms in total. The van der Waals surface area contributed by atoms with Gasteiger partial charge in [0.1, 0.15) is 0 Å². The number of aryl methyl sites for hydroxylation is 1. The van der Waals surface area contributed by atoms with Crippen molar-refractivity contribution in [3.63, 3.8) is 0 Å². The molecule has 0 saturated carbocycles. The van der Waals surface area contributed by atoms with Gasteiger partial charge in [-0.1, -0.05) is 29.8 Å². The Morgan fingerprint density at radius 3 is 2.21 bits per heavy atom. The monoisotopic (exact) mass is 395 g/mol. The molecule has 1 aromatic rings. The maximum absolute atomic E-state index is 6.11. The number of rotatable bonds is 4. The van der Waals surface area contributed by atoms with E-state index in [1.54, 1.807) is 0 Å². The molecule has 1 aromatic carbocycles. The molecule has 0 aliphatic heterocycles. The molecule has 108 valence electrons. The van der Waals surface area contributed by atoms with Gasteiger partial charge in [0.15, 0.2) is 5.96 Å². The molecule has 0 bridgehead atoms. The lowest BCUT2D eigenvalue weighted by atomic mass is 10.1. The van der Waals surface area contributed by atoms with Crippen molar-refractivity contribution in [2.24, 2.45) is 4.99 Å². The Balaban J connectivity index is 0.00000324.